The van der Waals surface area contributed by atoms with Crippen LogP contribution in [0.4, 0.5) is 5.69 Å². The minimum absolute atomic E-state index is 0.310. The van der Waals surface area contributed by atoms with Gasteiger partial charge in [0, 0.05) is 30.9 Å². The molecule has 0 saturated heterocycles. The Morgan fingerprint density at radius 2 is 2.00 bits per heavy atom. The summed E-state index contributed by atoms with van der Waals surface area (Å²) in [4.78, 5) is 2.18. The smallest absolute Gasteiger partial charge is 0.156 e. The van der Waals surface area contributed by atoms with Crippen molar-refractivity contribution in [2.45, 2.75) is 59.2 Å². The van der Waals surface area contributed by atoms with E-state index in [1.165, 1.54) is 12.1 Å². The van der Waals surface area contributed by atoms with E-state index < -0.39 is 0 Å². The molecular formula is C21H31N3O. The van der Waals surface area contributed by atoms with Crippen molar-refractivity contribution >= 4 is 5.69 Å². The maximum Gasteiger partial charge on any atom is 0.156 e. The third kappa shape index (κ3) is 4.06. The summed E-state index contributed by atoms with van der Waals surface area (Å²) in [6, 6.07) is 13.6. The topological polar surface area (TPSA) is 41.3 Å². The summed E-state index contributed by atoms with van der Waals surface area (Å²) in [6.07, 6.45) is 2.22. The number of rotatable bonds is 7. The first-order valence-electron chi connectivity index (χ1n) is 9.33. The van der Waals surface area contributed by atoms with E-state index in [0.717, 1.165) is 24.4 Å². The molecule has 0 spiro atoms. The molecule has 0 aliphatic heterocycles. The Kier molecular flexibility index (Phi) is 5.19. The van der Waals surface area contributed by atoms with Crippen LogP contribution in [0.3, 0.4) is 0 Å². The van der Waals surface area contributed by atoms with Gasteiger partial charge in [-0.1, -0.05) is 51.1 Å². The van der Waals surface area contributed by atoms with E-state index in [2.05, 4.69) is 80.4 Å². The SMILES string of the molecule is CC(C)N[C@H]1C[C@@H](Cc2cc(CN(C)c3ccccc3)on2)C1(C)C. The molecule has 1 aliphatic rings. The van der Waals surface area contributed by atoms with Crippen LogP contribution < -0.4 is 10.2 Å². The highest BCUT2D eigenvalue weighted by Crippen LogP contribution is 2.47. The summed E-state index contributed by atoms with van der Waals surface area (Å²) in [7, 11) is 2.08. The van der Waals surface area contributed by atoms with Crippen LogP contribution in [-0.4, -0.2) is 24.3 Å². The number of hydrogen-bond acceptors (Lipinski definition) is 4. The molecule has 0 bridgehead atoms. The number of anilines is 1. The lowest BCUT2D eigenvalue weighted by Crippen LogP contribution is -2.58. The summed E-state index contributed by atoms with van der Waals surface area (Å²) in [6.45, 7) is 9.91. The zero-order valence-electron chi connectivity index (χ0n) is 16.1. The first-order valence-corrected chi connectivity index (χ1v) is 9.33. The second kappa shape index (κ2) is 7.20. The predicted molar refractivity (Wildman–Crippen MR) is 103 cm³/mol. The molecule has 1 aromatic heterocycles. The molecule has 0 radical (unpaired) electrons. The van der Waals surface area contributed by atoms with Crippen LogP contribution in [0.25, 0.3) is 0 Å². The Morgan fingerprint density at radius 1 is 1.28 bits per heavy atom. The summed E-state index contributed by atoms with van der Waals surface area (Å²) < 4.78 is 5.58. The maximum atomic E-state index is 5.58. The Labute approximate surface area is 151 Å². The van der Waals surface area contributed by atoms with Gasteiger partial charge < -0.3 is 14.7 Å². The van der Waals surface area contributed by atoms with Crippen LogP contribution in [-0.2, 0) is 13.0 Å². The van der Waals surface area contributed by atoms with Crippen molar-refractivity contribution in [3.63, 3.8) is 0 Å². The molecule has 0 unspecified atom stereocenters. The van der Waals surface area contributed by atoms with Crippen molar-refractivity contribution in [2.24, 2.45) is 11.3 Å². The van der Waals surface area contributed by atoms with Crippen LogP contribution in [0.15, 0.2) is 40.9 Å². The lowest BCUT2D eigenvalue weighted by molar-refractivity contribution is 0.00901. The van der Waals surface area contributed by atoms with Gasteiger partial charge >= 0.3 is 0 Å². The minimum Gasteiger partial charge on any atom is -0.367 e. The molecule has 0 amide bonds. The summed E-state index contributed by atoms with van der Waals surface area (Å²) in [5, 5.41) is 8.00. The zero-order chi connectivity index (χ0) is 18.0. The van der Waals surface area contributed by atoms with E-state index in [1.807, 2.05) is 6.07 Å². The molecule has 1 saturated carbocycles. The van der Waals surface area contributed by atoms with E-state index in [0.29, 0.717) is 23.4 Å². The van der Waals surface area contributed by atoms with Gasteiger partial charge in [0.1, 0.15) is 0 Å². The van der Waals surface area contributed by atoms with E-state index in [9.17, 15) is 0 Å². The van der Waals surface area contributed by atoms with Gasteiger partial charge in [0.15, 0.2) is 5.76 Å². The van der Waals surface area contributed by atoms with Gasteiger partial charge in [0.05, 0.1) is 12.2 Å². The Bertz CT molecular complexity index is 677. The molecule has 2 atom stereocenters. The van der Waals surface area contributed by atoms with Crippen LogP contribution in [0.1, 0.15) is 45.6 Å². The highest BCUT2D eigenvalue weighted by molar-refractivity contribution is 5.45. The normalized spacial score (nSPS) is 22.0. The second-order valence-electron chi connectivity index (χ2n) is 8.31. The van der Waals surface area contributed by atoms with Crippen molar-refractivity contribution in [1.29, 1.82) is 0 Å². The molecule has 1 aromatic carbocycles. The molecule has 4 nitrogen and oxygen atoms in total. The lowest BCUT2D eigenvalue weighted by atomic mass is 9.57. The van der Waals surface area contributed by atoms with Gasteiger partial charge in [0.2, 0.25) is 0 Å². The largest absolute Gasteiger partial charge is 0.367 e. The summed E-state index contributed by atoms with van der Waals surface area (Å²) >= 11 is 0. The molecule has 136 valence electrons. The monoisotopic (exact) mass is 341 g/mol. The van der Waals surface area contributed by atoms with Crippen LogP contribution >= 0.6 is 0 Å². The van der Waals surface area contributed by atoms with Gasteiger partial charge in [-0.3, -0.25) is 0 Å². The average Bonchev–Trinajstić information content (AvgIpc) is 3.01. The number of nitrogens with one attached hydrogen (secondary N) is 1. The molecule has 25 heavy (non-hydrogen) atoms. The van der Waals surface area contributed by atoms with Crippen LogP contribution in [0.5, 0.6) is 0 Å². The molecular weight excluding hydrogens is 310 g/mol. The number of nitrogens with zero attached hydrogens (tertiary/aromatic N) is 2. The van der Waals surface area contributed by atoms with Gasteiger partial charge in [0.25, 0.3) is 0 Å². The first-order chi connectivity index (χ1) is 11.9. The number of para-hydroxylation sites is 1. The van der Waals surface area contributed by atoms with Crippen molar-refractivity contribution in [1.82, 2.24) is 10.5 Å². The van der Waals surface area contributed by atoms with E-state index in [1.54, 1.807) is 0 Å². The van der Waals surface area contributed by atoms with Gasteiger partial charge in [-0.15, -0.1) is 0 Å². The van der Waals surface area contributed by atoms with Crippen LogP contribution in [0, 0.1) is 11.3 Å². The average molecular weight is 341 g/mol. The molecule has 1 heterocycles. The van der Waals surface area contributed by atoms with Crippen LogP contribution in [0.2, 0.25) is 0 Å². The third-order valence-electron chi connectivity index (χ3n) is 5.66. The second-order valence-corrected chi connectivity index (χ2v) is 8.31. The third-order valence-corrected chi connectivity index (χ3v) is 5.66. The fourth-order valence-electron chi connectivity index (χ4n) is 3.83. The minimum atomic E-state index is 0.310. The predicted octanol–water partition coefficient (Wildman–Crippen LogP) is 4.27. The molecule has 1 N–H and O–H groups in total. The van der Waals surface area contributed by atoms with Gasteiger partial charge in [-0.25, -0.2) is 0 Å². The Morgan fingerprint density at radius 3 is 2.64 bits per heavy atom. The van der Waals surface area contributed by atoms with Gasteiger partial charge in [-0.05, 0) is 36.3 Å². The fourth-order valence-corrected chi connectivity index (χ4v) is 3.83. The molecule has 1 fully saturated rings. The number of aromatic nitrogens is 1. The molecule has 2 aromatic rings. The number of benzene rings is 1. The summed E-state index contributed by atoms with van der Waals surface area (Å²) in [5.41, 5.74) is 2.57. The highest BCUT2D eigenvalue weighted by Gasteiger charge is 2.47. The Balaban J connectivity index is 1.56. The molecule has 4 heteroatoms. The molecule has 3 rings (SSSR count). The van der Waals surface area contributed by atoms with E-state index >= 15 is 0 Å². The molecule has 1 aliphatic carbocycles. The van der Waals surface area contributed by atoms with Gasteiger partial charge in [-0.2, -0.15) is 0 Å². The zero-order valence-corrected chi connectivity index (χ0v) is 16.1. The highest BCUT2D eigenvalue weighted by atomic mass is 16.5. The first kappa shape index (κ1) is 18.0. The maximum absolute atomic E-state index is 5.58. The Hall–Kier alpha value is -1.81. The van der Waals surface area contributed by atoms with Crippen molar-refractivity contribution in [3.05, 3.63) is 47.9 Å². The standard InChI is InChI=1S/C21H31N3O/c1-15(2)22-20-12-16(21(20,3)4)11-17-13-19(25-23-17)14-24(5)18-9-7-6-8-10-18/h6-10,13,15-16,20,22H,11-12,14H2,1-5H3/t16-,20+/m1/s1. The lowest BCUT2D eigenvalue weighted by Gasteiger charge is -2.53. The summed E-state index contributed by atoms with van der Waals surface area (Å²) in [5.74, 6) is 1.59. The fraction of sp³-hybridized carbons (Fsp3) is 0.571. The van der Waals surface area contributed by atoms with Crippen molar-refractivity contribution < 1.29 is 4.52 Å². The van der Waals surface area contributed by atoms with E-state index in [-0.39, 0.29) is 0 Å². The van der Waals surface area contributed by atoms with Crippen molar-refractivity contribution in [2.75, 3.05) is 11.9 Å². The van der Waals surface area contributed by atoms with E-state index in [4.69, 9.17) is 4.52 Å². The quantitative estimate of drug-likeness (QED) is 0.817. The van der Waals surface area contributed by atoms with Crippen molar-refractivity contribution in [3.8, 4) is 0 Å². The number of hydrogen-bond donors (Lipinski definition) is 1.